The van der Waals surface area contributed by atoms with E-state index in [2.05, 4.69) is 29.8 Å². The van der Waals surface area contributed by atoms with Crippen LogP contribution in [0.15, 0.2) is 57.9 Å². The van der Waals surface area contributed by atoms with Crippen LogP contribution >= 0.6 is 39.9 Å². The number of nitrogens with zero attached hydrogens (tertiary/aromatic N) is 1. The maximum absolute atomic E-state index is 12.8. The van der Waals surface area contributed by atoms with Crippen molar-refractivity contribution in [2.75, 3.05) is 11.5 Å². The first-order chi connectivity index (χ1) is 12.5. The van der Waals surface area contributed by atoms with Gasteiger partial charge in [-0.1, -0.05) is 62.1 Å². The van der Waals surface area contributed by atoms with Gasteiger partial charge in [-0.15, -0.1) is 0 Å². The Balaban J connectivity index is 1.81. The number of halogens is 1. The van der Waals surface area contributed by atoms with Gasteiger partial charge in [0.2, 0.25) is 0 Å². The minimum absolute atomic E-state index is 0.0949. The first-order valence-corrected chi connectivity index (χ1v) is 10.2. The molecule has 0 bridgehead atoms. The molecule has 0 aromatic heterocycles. The Labute approximate surface area is 171 Å². The number of hydrogen-bond acceptors (Lipinski definition) is 4. The molecule has 3 nitrogen and oxygen atoms in total. The molecule has 0 atom stereocenters. The van der Waals surface area contributed by atoms with E-state index < -0.39 is 0 Å². The van der Waals surface area contributed by atoms with E-state index in [1.54, 1.807) is 4.90 Å². The third-order valence-electron chi connectivity index (χ3n) is 3.63. The number of amides is 1. The fourth-order valence-corrected chi connectivity index (χ4v) is 4.21. The van der Waals surface area contributed by atoms with Crippen molar-refractivity contribution in [2.24, 2.45) is 5.92 Å². The molecule has 0 N–H and O–H groups in total. The second-order valence-corrected chi connectivity index (χ2v) is 8.78. The average Bonchev–Trinajstić information content (AvgIpc) is 2.88. The molecule has 1 fully saturated rings. The van der Waals surface area contributed by atoms with Crippen LogP contribution in [0, 0.1) is 5.92 Å². The van der Waals surface area contributed by atoms with Gasteiger partial charge in [-0.05, 0) is 57.8 Å². The summed E-state index contributed by atoms with van der Waals surface area (Å²) in [5.41, 5.74) is 1.71. The molecule has 1 aliphatic rings. The minimum atomic E-state index is -0.0949. The molecule has 1 saturated heterocycles. The molecule has 134 valence electrons. The number of carbonyl (C=O) groups excluding carboxylic acids is 1. The molecule has 1 aliphatic heterocycles. The SMILES string of the molecule is CC(C)COc1ccc(/C=C2\SC(=S)N(c3ccccc3)C2=O)cc1Br. The predicted octanol–water partition coefficient (Wildman–Crippen LogP) is 5.89. The zero-order valence-corrected chi connectivity index (χ0v) is 17.7. The molecule has 1 amide bonds. The number of benzene rings is 2. The summed E-state index contributed by atoms with van der Waals surface area (Å²) in [6.45, 7) is 4.88. The van der Waals surface area contributed by atoms with Crippen LogP contribution in [0.4, 0.5) is 5.69 Å². The van der Waals surface area contributed by atoms with Crippen LogP contribution < -0.4 is 9.64 Å². The highest BCUT2D eigenvalue weighted by atomic mass is 79.9. The van der Waals surface area contributed by atoms with Crippen molar-refractivity contribution < 1.29 is 9.53 Å². The first kappa shape index (κ1) is 19.1. The van der Waals surface area contributed by atoms with Crippen molar-refractivity contribution in [1.29, 1.82) is 0 Å². The van der Waals surface area contributed by atoms with E-state index in [0.29, 0.717) is 21.8 Å². The Morgan fingerprint density at radius 3 is 2.62 bits per heavy atom. The van der Waals surface area contributed by atoms with Crippen molar-refractivity contribution in [3.63, 3.8) is 0 Å². The molecule has 1 heterocycles. The monoisotopic (exact) mass is 447 g/mol. The van der Waals surface area contributed by atoms with Crippen molar-refractivity contribution in [2.45, 2.75) is 13.8 Å². The topological polar surface area (TPSA) is 29.5 Å². The second kappa shape index (κ2) is 8.37. The molecule has 0 spiro atoms. The summed E-state index contributed by atoms with van der Waals surface area (Å²) >= 11 is 10.3. The molecule has 0 unspecified atom stereocenters. The highest BCUT2D eigenvalue weighted by Gasteiger charge is 2.33. The Hall–Kier alpha value is -1.63. The second-order valence-electron chi connectivity index (χ2n) is 6.25. The van der Waals surface area contributed by atoms with Crippen molar-refractivity contribution in [3.05, 3.63) is 63.5 Å². The van der Waals surface area contributed by atoms with Gasteiger partial charge in [0.25, 0.3) is 5.91 Å². The van der Waals surface area contributed by atoms with E-state index in [9.17, 15) is 4.79 Å². The van der Waals surface area contributed by atoms with Gasteiger partial charge in [0.15, 0.2) is 4.32 Å². The van der Waals surface area contributed by atoms with Gasteiger partial charge in [0.05, 0.1) is 21.7 Å². The van der Waals surface area contributed by atoms with Gasteiger partial charge >= 0.3 is 0 Å². The van der Waals surface area contributed by atoms with Gasteiger partial charge in [0, 0.05) is 0 Å². The lowest BCUT2D eigenvalue weighted by molar-refractivity contribution is -0.113. The van der Waals surface area contributed by atoms with E-state index in [1.807, 2.05) is 54.6 Å². The number of thioether (sulfide) groups is 1. The fraction of sp³-hybridized carbons (Fsp3) is 0.200. The third kappa shape index (κ3) is 4.37. The van der Waals surface area contributed by atoms with Crippen LogP contribution in [-0.2, 0) is 4.79 Å². The summed E-state index contributed by atoms with van der Waals surface area (Å²) in [4.78, 5) is 14.9. The molecule has 26 heavy (non-hydrogen) atoms. The third-order valence-corrected chi connectivity index (χ3v) is 5.56. The highest BCUT2D eigenvalue weighted by Crippen LogP contribution is 2.36. The number of anilines is 1. The quantitative estimate of drug-likeness (QED) is 0.422. The fourth-order valence-electron chi connectivity index (χ4n) is 2.40. The molecule has 0 aliphatic carbocycles. The standard InChI is InChI=1S/C20H18BrNO2S2/c1-13(2)12-24-17-9-8-14(10-16(17)21)11-18-19(23)22(20(25)26-18)15-6-4-3-5-7-15/h3-11,13H,12H2,1-2H3/b18-11-. The summed E-state index contributed by atoms with van der Waals surface area (Å²) in [6, 6.07) is 15.3. The summed E-state index contributed by atoms with van der Waals surface area (Å²) in [6.07, 6.45) is 1.86. The van der Waals surface area contributed by atoms with Gasteiger partial charge in [0.1, 0.15) is 5.75 Å². The lowest BCUT2D eigenvalue weighted by Crippen LogP contribution is -2.27. The van der Waals surface area contributed by atoms with Crippen LogP contribution in [0.25, 0.3) is 6.08 Å². The maximum atomic E-state index is 12.8. The molecule has 3 rings (SSSR count). The number of para-hydroxylation sites is 1. The van der Waals surface area contributed by atoms with Gasteiger partial charge in [-0.2, -0.15) is 0 Å². The Bertz CT molecular complexity index is 865. The molecule has 2 aromatic rings. The number of carbonyl (C=O) groups is 1. The Morgan fingerprint density at radius 1 is 1.23 bits per heavy atom. The summed E-state index contributed by atoms with van der Waals surface area (Å²) < 4.78 is 7.18. The molecular weight excluding hydrogens is 430 g/mol. The van der Waals surface area contributed by atoms with Crippen molar-refractivity contribution in [3.8, 4) is 5.75 Å². The number of rotatable bonds is 5. The van der Waals surface area contributed by atoms with Gasteiger partial charge in [-0.3, -0.25) is 9.69 Å². The summed E-state index contributed by atoms with van der Waals surface area (Å²) in [7, 11) is 0. The smallest absolute Gasteiger partial charge is 0.270 e. The van der Waals surface area contributed by atoms with Crippen LogP contribution in [0.3, 0.4) is 0 Å². The first-order valence-electron chi connectivity index (χ1n) is 8.21. The predicted molar refractivity (Wildman–Crippen MR) is 117 cm³/mol. The molecule has 2 aromatic carbocycles. The zero-order valence-electron chi connectivity index (χ0n) is 14.4. The molecule has 0 saturated carbocycles. The van der Waals surface area contributed by atoms with Crippen LogP contribution in [0.2, 0.25) is 0 Å². The average molecular weight is 448 g/mol. The molecule has 0 radical (unpaired) electrons. The lowest BCUT2D eigenvalue weighted by Gasteiger charge is -2.13. The van der Waals surface area contributed by atoms with Crippen LogP contribution in [0.1, 0.15) is 19.4 Å². The Morgan fingerprint density at radius 2 is 1.96 bits per heavy atom. The molecular formula is C20H18BrNO2S2. The van der Waals surface area contributed by atoms with Gasteiger partial charge < -0.3 is 4.74 Å². The lowest BCUT2D eigenvalue weighted by atomic mass is 10.2. The van der Waals surface area contributed by atoms with E-state index in [4.69, 9.17) is 17.0 Å². The summed E-state index contributed by atoms with van der Waals surface area (Å²) in [5, 5.41) is 0. The van der Waals surface area contributed by atoms with E-state index >= 15 is 0 Å². The largest absolute Gasteiger partial charge is 0.492 e. The normalized spacial score (nSPS) is 16.0. The van der Waals surface area contributed by atoms with Crippen LogP contribution in [-0.4, -0.2) is 16.8 Å². The maximum Gasteiger partial charge on any atom is 0.270 e. The summed E-state index contributed by atoms with van der Waals surface area (Å²) in [5.74, 6) is 1.16. The highest BCUT2D eigenvalue weighted by molar-refractivity contribution is 9.10. The Kier molecular flexibility index (Phi) is 6.16. The minimum Gasteiger partial charge on any atom is -0.492 e. The number of ether oxygens (including phenoxy) is 1. The van der Waals surface area contributed by atoms with Gasteiger partial charge in [-0.25, -0.2) is 0 Å². The zero-order chi connectivity index (χ0) is 18.7. The van der Waals surface area contributed by atoms with E-state index in [1.165, 1.54) is 11.8 Å². The number of thiocarbonyl (C=S) groups is 1. The van der Waals surface area contributed by atoms with E-state index in [0.717, 1.165) is 21.5 Å². The van der Waals surface area contributed by atoms with Crippen molar-refractivity contribution >= 4 is 61.9 Å². The van der Waals surface area contributed by atoms with Crippen molar-refractivity contribution in [1.82, 2.24) is 0 Å². The van der Waals surface area contributed by atoms with E-state index in [-0.39, 0.29) is 5.91 Å². The van der Waals surface area contributed by atoms with Crippen LogP contribution in [0.5, 0.6) is 5.75 Å². The number of hydrogen-bond donors (Lipinski definition) is 0. The molecule has 6 heteroatoms.